The molecule has 2 amide bonds. The van der Waals surface area contributed by atoms with Crippen LogP contribution in [-0.2, 0) is 14.3 Å². The zero-order valence-corrected chi connectivity index (χ0v) is 21.0. The van der Waals surface area contributed by atoms with Crippen molar-refractivity contribution in [3.05, 3.63) is 42.5 Å². The number of hydrogen-bond donors (Lipinski definition) is 2. The molecule has 0 aromatic carbocycles. The van der Waals surface area contributed by atoms with Crippen LogP contribution in [0.1, 0.15) is 50.5 Å². The Balaban J connectivity index is 0.000000331. The molecule has 0 spiro atoms. The molecule has 2 aromatic heterocycles. The van der Waals surface area contributed by atoms with Crippen LogP contribution >= 0.6 is 15.9 Å². The molecule has 0 aliphatic carbocycles. The van der Waals surface area contributed by atoms with Gasteiger partial charge < -0.3 is 4.74 Å². The first kappa shape index (κ1) is 27.8. The SMILES string of the molecule is C=C(OCC)c1cnc(NC(=O)C(C)C)nc1.CC(C)C(=O)Nc1ncc(C(=O)CBr)cn1. The van der Waals surface area contributed by atoms with Gasteiger partial charge in [-0.25, -0.2) is 19.9 Å². The zero-order chi connectivity index (χ0) is 25.0. The molecule has 2 aromatic rings. The zero-order valence-electron chi connectivity index (χ0n) is 19.4. The number of carbonyl (C=O) groups excluding carboxylic acids is 3. The van der Waals surface area contributed by atoms with E-state index >= 15 is 0 Å². The van der Waals surface area contributed by atoms with E-state index in [4.69, 9.17) is 4.74 Å². The number of nitrogens with zero attached hydrogens (tertiary/aromatic N) is 4. The van der Waals surface area contributed by atoms with E-state index in [0.29, 0.717) is 23.5 Å². The smallest absolute Gasteiger partial charge is 0.229 e. The molecule has 178 valence electrons. The van der Waals surface area contributed by atoms with Gasteiger partial charge in [0.1, 0.15) is 5.76 Å². The largest absolute Gasteiger partial charge is 0.494 e. The fraction of sp³-hybridized carbons (Fsp3) is 0.409. The number of alkyl halides is 1. The summed E-state index contributed by atoms with van der Waals surface area (Å²) in [7, 11) is 0. The average molecular weight is 521 g/mol. The number of hydrogen-bond acceptors (Lipinski definition) is 8. The van der Waals surface area contributed by atoms with E-state index < -0.39 is 0 Å². The third-order valence-electron chi connectivity index (χ3n) is 3.91. The first-order chi connectivity index (χ1) is 15.6. The fourth-order valence-corrected chi connectivity index (χ4v) is 2.24. The number of carbonyl (C=O) groups is 3. The van der Waals surface area contributed by atoms with Gasteiger partial charge in [0.25, 0.3) is 0 Å². The first-order valence-electron chi connectivity index (χ1n) is 10.3. The third kappa shape index (κ3) is 9.85. The van der Waals surface area contributed by atoms with Crippen LogP contribution in [0.2, 0.25) is 0 Å². The summed E-state index contributed by atoms with van der Waals surface area (Å²) in [5.41, 5.74) is 1.12. The van der Waals surface area contributed by atoms with Crippen LogP contribution in [-0.4, -0.2) is 49.5 Å². The highest BCUT2D eigenvalue weighted by molar-refractivity contribution is 9.09. The lowest BCUT2D eigenvalue weighted by Crippen LogP contribution is -2.19. The molecule has 0 radical (unpaired) electrons. The Morgan fingerprint density at radius 1 is 0.879 bits per heavy atom. The second-order valence-electron chi connectivity index (χ2n) is 7.29. The highest BCUT2D eigenvalue weighted by atomic mass is 79.9. The molecule has 2 N–H and O–H groups in total. The molecule has 10 nitrogen and oxygen atoms in total. The van der Waals surface area contributed by atoms with E-state index in [2.05, 4.69) is 53.1 Å². The molecule has 0 fully saturated rings. The van der Waals surface area contributed by atoms with Crippen molar-refractivity contribution in [2.75, 3.05) is 22.6 Å². The number of anilines is 2. The maximum absolute atomic E-state index is 11.4. The van der Waals surface area contributed by atoms with Gasteiger partial charge in [0.05, 0.1) is 23.1 Å². The summed E-state index contributed by atoms with van der Waals surface area (Å²) in [5.74, 6) is 0.433. The minimum absolute atomic E-state index is 0.0956. The van der Waals surface area contributed by atoms with Crippen molar-refractivity contribution in [1.82, 2.24) is 19.9 Å². The van der Waals surface area contributed by atoms with Crippen molar-refractivity contribution in [3.8, 4) is 0 Å². The highest BCUT2D eigenvalue weighted by Crippen LogP contribution is 2.12. The maximum Gasteiger partial charge on any atom is 0.229 e. The van der Waals surface area contributed by atoms with Crippen LogP contribution in [0.4, 0.5) is 11.9 Å². The van der Waals surface area contributed by atoms with E-state index in [9.17, 15) is 14.4 Å². The predicted octanol–water partition coefficient (Wildman–Crippen LogP) is 3.73. The Bertz CT molecular complexity index is 946. The minimum Gasteiger partial charge on any atom is -0.494 e. The lowest BCUT2D eigenvalue weighted by atomic mass is 10.2. The van der Waals surface area contributed by atoms with Gasteiger partial charge in [0.2, 0.25) is 23.7 Å². The van der Waals surface area contributed by atoms with Crippen molar-refractivity contribution in [2.45, 2.75) is 34.6 Å². The number of rotatable bonds is 9. The molecule has 0 bridgehead atoms. The number of ketones is 1. The molecule has 0 aliphatic rings. The van der Waals surface area contributed by atoms with E-state index in [0.717, 1.165) is 0 Å². The monoisotopic (exact) mass is 520 g/mol. The molecular weight excluding hydrogens is 492 g/mol. The van der Waals surface area contributed by atoms with Gasteiger partial charge in [0, 0.05) is 36.6 Å². The van der Waals surface area contributed by atoms with Gasteiger partial charge in [-0.1, -0.05) is 50.2 Å². The van der Waals surface area contributed by atoms with Crippen LogP contribution in [0, 0.1) is 11.8 Å². The van der Waals surface area contributed by atoms with Gasteiger partial charge in [-0.3, -0.25) is 25.0 Å². The summed E-state index contributed by atoms with van der Waals surface area (Å²) in [6, 6.07) is 0. The average Bonchev–Trinajstić information content (AvgIpc) is 2.80. The maximum atomic E-state index is 11.4. The third-order valence-corrected chi connectivity index (χ3v) is 4.42. The van der Waals surface area contributed by atoms with E-state index in [1.807, 2.05) is 6.92 Å². The van der Waals surface area contributed by atoms with Gasteiger partial charge in [-0.05, 0) is 6.92 Å². The highest BCUT2D eigenvalue weighted by Gasteiger charge is 2.10. The standard InChI is InChI=1S/C12H17N3O2.C10H12BrN3O2/c1-5-17-9(4)10-6-13-12(14-7-10)15-11(16)8(2)3;1-6(2)9(16)14-10-12-4-7(5-13-10)8(15)3-11/h6-8H,4-5H2,1-3H3,(H,13,14,15,16);4-6H,3H2,1-2H3,(H,12,13,14,16). The second-order valence-corrected chi connectivity index (χ2v) is 7.85. The summed E-state index contributed by atoms with van der Waals surface area (Å²) < 4.78 is 5.23. The van der Waals surface area contributed by atoms with Crippen molar-refractivity contribution >= 4 is 51.2 Å². The molecular formula is C22H29BrN6O4. The number of halogens is 1. The predicted molar refractivity (Wildman–Crippen MR) is 130 cm³/mol. The van der Waals surface area contributed by atoms with Crippen LogP contribution in [0.5, 0.6) is 0 Å². The van der Waals surface area contributed by atoms with Crippen LogP contribution < -0.4 is 10.6 Å². The number of ether oxygens (including phenoxy) is 1. The Labute approximate surface area is 201 Å². The Kier molecular flexibility index (Phi) is 11.8. The Morgan fingerprint density at radius 2 is 1.27 bits per heavy atom. The lowest BCUT2D eigenvalue weighted by molar-refractivity contribution is -0.119. The Hall–Kier alpha value is -3.21. The molecule has 33 heavy (non-hydrogen) atoms. The lowest BCUT2D eigenvalue weighted by Gasteiger charge is -2.08. The van der Waals surface area contributed by atoms with Gasteiger partial charge >= 0.3 is 0 Å². The number of aromatic nitrogens is 4. The Morgan fingerprint density at radius 3 is 1.61 bits per heavy atom. The molecule has 0 unspecified atom stereocenters. The summed E-state index contributed by atoms with van der Waals surface area (Å²) in [6.07, 6.45) is 5.93. The van der Waals surface area contributed by atoms with Gasteiger partial charge in [-0.15, -0.1) is 0 Å². The van der Waals surface area contributed by atoms with Crippen LogP contribution in [0.15, 0.2) is 31.4 Å². The van der Waals surface area contributed by atoms with Gasteiger partial charge in [0.15, 0.2) is 5.78 Å². The quantitative estimate of drug-likeness (QED) is 0.290. The topological polar surface area (TPSA) is 136 Å². The summed E-state index contributed by atoms with van der Waals surface area (Å²) >= 11 is 3.05. The summed E-state index contributed by atoms with van der Waals surface area (Å²) in [4.78, 5) is 49.8. The number of Topliss-reactive ketones (excluding diaryl/α,β-unsaturated/α-hetero) is 1. The van der Waals surface area contributed by atoms with Crippen molar-refractivity contribution in [1.29, 1.82) is 0 Å². The van der Waals surface area contributed by atoms with Crippen molar-refractivity contribution in [3.63, 3.8) is 0 Å². The molecule has 0 saturated heterocycles. The normalized spacial score (nSPS) is 10.2. The molecule has 0 aliphatic heterocycles. The van der Waals surface area contributed by atoms with Crippen molar-refractivity contribution < 1.29 is 19.1 Å². The van der Waals surface area contributed by atoms with Crippen molar-refractivity contribution in [2.24, 2.45) is 11.8 Å². The molecule has 0 saturated carbocycles. The molecule has 0 atom stereocenters. The fourth-order valence-electron chi connectivity index (χ4n) is 1.92. The summed E-state index contributed by atoms with van der Waals surface area (Å²) in [6.45, 7) is 13.3. The van der Waals surface area contributed by atoms with E-state index in [1.54, 1.807) is 40.1 Å². The molecule has 11 heteroatoms. The minimum atomic E-state index is -0.153. The molecule has 2 rings (SSSR count). The van der Waals surface area contributed by atoms with Gasteiger partial charge in [-0.2, -0.15) is 0 Å². The first-order valence-corrected chi connectivity index (χ1v) is 11.4. The number of nitrogens with one attached hydrogen (secondary N) is 2. The number of amides is 2. The van der Waals surface area contributed by atoms with E-state index in [-0.39, 0.29) is 46.7 Å². The second kappa shape index (κ2) is 14.0. The van der Waals surface area contributed by atoms with E-state index in [1.165, 1.54) is 12.4 Å². The van der Waals surface area contributed by atoms with Crippen LogP contribution in [0.25, 0.3) is 5.76 Å². The summed E-state index contributed by atoms with van der Waals surface area (Å²) in [5, 5.41) is 5.38. The van der Waals surface area contributed by atoms with Crippen LogP contribution in [0.3, 0.4) is 0 Å². The molecule has 2 heterocycles.